The van der Waals surface area contributed by atoms with Crippen LogP contribution in [0.15, 0.2) is 0 Å². The second-order valence-electron chi connectivity index (χ2n) is 4.22. The molecule has 2 aliphatic heterocycles. The molecule has 0 aromatic carbocycles. The van der Waals surface area contributed by atoms with Crippen molar-refractivity contribution in [2.75, 3.05) is 33.4 Å². The first-order chi connectivity index (χ1) is 6.17. The molecule has 2 heterocycles. The molecule has 2 saturated heterocycles. The molecule has 2 unspecified atom stereocenters. The van der Waals surface area contributed by atoms with Crippen LogP contribution in [0.4, 0.5) is 0 Å². The van der Waals surface area contributed by atoms with Crippen LogP contribution in [0.3, 0.4) is 0 Å². The van der Waals surface area contributed by atoms with Crippen molar-refractivity contribution in [3.8, 4) is 0 Å². The third kappa shape index (κ3) is 2.20. The van der Waals surface area contributed by atoms with Gasteiger partial charge in [-0.15, -0.1) is 0 Å². The maximum atomic E-state index is 11.7. The van der Waals surface area contributed by atoms with E-state index in [-0.39, 0.29) is 10.9 Å². The largest absolute Gasteiger partial charge is 0.633 e. The quantitative estimate of drug-likeness (QED) is 0.448. The molecule has 0 aromatic heterocycles. The predicted octanol–water partition coefficient (Wildman–Crippen LogP) is 0.714. The predicted molar refractivity (Wildman–Crippen MR) is 47.7 cm³/mol. The molecule has 0 saturated carbocycles. The molecule has 2 atom stereocenters. The van der Waals surface area contributed by atoms with Crippen molar-refractivity contribution in [1.29, 1.82) is 0 Å². The zero-order valence-electron chi connectivity index (χ0n) is 8.07. The number of rotatable bonds is 1. The van der Waals surface area contributed by atoms with E-state index in [0.717, 1.165) is 19.4 Å². The Labute approximate surface area is 78.6 Å². The molecule has 0 aliphatic carbocycles. The summed E-state index contributed by atoms with van der Waals surface area (Å²) in [7, 11) is 1.74. The summed E-state index contributed by atoms with van der Waals surface area (Å²) in [6.07, 6.45) is 1.96. The number of ether oxygens (including phenoxy) is 2. The molecule has 0 amide bonds. The molecule has 2 aliphatic rings. The van der Waals surface area contributed by atoms with Crippen LogP contribution in [0.25, 0.3) is 0 Å². The van der Waals surface area contributed by atoms with Crippen LogP contribution >= 0.6 is 0 Å². The molecule has 4 heteroatoms. The smallest absolute Gasteiger partial charge is 0.165 e. The minimum Gasteiger partial charge on any atom is -0.633 e. The number of likely N-dealkylation sites (tertiary alicyclic amines) is 1. The van der Waals surface area contributed by atoms with E-state index in [1.54, 1.807) is 7.05 Å². The van der Waals surface area contributed by atoms with Gasteiger partial charge in [0.2, 0.25) is 0 Å². The fourth-order valence-corrected chi connectivity index (χ4v) is 2.24. The highest BCUT2D eigenvalue weighted by molar-refractivity contribution is 4.70. The second kappa shape index (κ2) is 3.53. The van der Waals surface area contributed by atoms with Crippen LogP contribution in [-0.4, -0.2) is 44.3 Å². The Morgan fingerprint density at radius 2 is 2.00 bits per heavy atom. The fourth-order valence-electron chi connectivity index (χ4n) is 2.24. The van der Waals surface area contributed by atoms with Gasteiger partial charge in [0.05, 0.1) is 39.3 Å². The molecule has 0 radical (unpaired) electrons. The lowest BCUT2D eigenvalue weighted by molar-refractivity contribution is -0.870. The summed E-state index contributed by atoms with van der Waals surface area (Å²) in [6, 6.07) is 0. The maximum Gasteiger partial charge on any atom is 0.165 e. The van der Waals surface area contributed by atoms with Gasteiger partial charge in [-0.2, -0.15) is 0 Å². The van der Waals surface area contributed by atoms with E-state index >= 15 is 0 Å². The Hall–Kier alpha value is -0.160. The number of piperidine rings is 1. The number of hydroxylamine groups is 3. The molecule has 0 bridgehead atoms. The first-order valence-corrected chi connectivity index (χ1v) is 4.96. The number of quaternary nitrogens is 1. The van der Waals surface area contributed by atoms with Crippen molar-refractivity contribution in [2.24, 2.45) is 5.92 Å². The molecule has 13 heavy (non-hydrogen) atoms. The summed E-state index contributed by atoms with van der Waals surface area (Å²) >= 11 is 0. The van der Waals surface area contributed by atoms with Crippen molar-refractivity contribution < 1.29 is 14.1 Å². The summed E-state index contributed by atoms with van der Waals surface area (Å²) in [6.45, 7) is 2.75. The first kappa shape index (κ1) is 9.40. The van der Waals surface area contributed by atoms with Gasteiger partial charge >= 0.3 is 0 Å². The van der Waals surface area contributed by atoms with E-state index in [0.29, 0.717) is 25.7 Å². The van der Waals surface area contributed by atoms with Gasteiger partial charge in [0.1, 0.15) is 0 Å². The van der Waals surface area contributed by atoms with E-state index in [4.69, 9.17) is 9.47 Å². The molecule has 0 aromatic rings. The summed E-state index contributed by atoms with van der Waals surface area (Å²) in [4.78, 5) is 0. The zero-order chi connectivity index (χ0) is 9.31. The number of nitrogens with zero attached hydrogens (tertiary/aromatic N) is 1. The fraction of sp³-hybridized carbons (Fsp3) is 1.00. The Kier molecular flexibility index (Phi) is 2.55. The SMILES string of the molecule is C[N+]1([O-])CCCC(C2OCCO2)C1. The van der Waals surface area contributed by atoms with Gasteiger partial charge < -0.3 is 19.3 Å². The van der Waals surface area contributed by atoms with Crippen molar-refractivity contribution in [3.63, 3.8) is 0 Å². The average Bonchev–Trinajstić information content (AvgIpc) is 2.53. The normalized spacial score (nSPS) is 42.5. The van der Waals surface area contributed by atoms with Gasteiger partial charge in [0, 0.05) is 0 Å². The van der Waals surface area contributed by atoms with E-state index in [1.807, 2.05) is 0 Å². The van der Waals surface area contributed by atoms with Crippen LogP contribution in [0.2, 0.25) is 0 Å². The lowest BCUT2D eigenvalue weighted by Gasteiger charge is -2.45. The summed E-state index contributed by atoms with van der Waals surface area (Å²) in [5, 5.41) is 11.7. The lowest BCUT2D eigenvalue weighted by atomic mass is 9.97. The van der Waals surface area contributed by atoms with Crippen LogP contribution in [0.5, 0.6) is 0 Å². The Balaban J connectivity index is 1.91. The lowest BCUT2D eigenvalue weighted by Crippen LogP contribution is -2.49. The van der Waals surface area contributed by atoms with E-state index < -0.39 is 0 Å². The van der Waals surface area contributed by atoms with E-state index in [9.17, 15) is 5.21 Å². The minimum atomic E-state index is -0.131. The van der Waals surface area contributed by atoms with Crippen molar-refractivity contribution in [2.45, 2.75) is 19.1 Å². The third-order valence-corrected chi connectivity index (χ3v) is 2.86. The molecular formula is C9H17NO3. The number of hydrogen-bond acceptors (Lipinski definition) is 3. The van der Waals surface area contributed by atoms with E-state index in [2.05, 4.69) is 0 Å². The molecule has 2 rings (SSSR count). The minimum absolute atomic E-state index is 0.105. The standard InChI is InChI=1S/C9H17NO3/c1-10(11)4-2-3-8(7-10)9-12-5-6-13-9/h8-9H,2-7H2,1H3. The molecular weight excluding hydrogens is 170 g/mol. The van der Waals surface area contributed by atoms with Crippen LogP contribution < -0.4 is 0 Å². The summed E-state index contributed by atoms with van der Waals surface area (Å²) in [5.74, 6) is 0.304. The average molecular weight is 187 g/mol. The monoisotopic (exact) mass is 187 g/mol. The second-order valence-corrected chi connectivity index (χ2v) is 4.22. The third-order valence-electron chi connectivity index (χ3n) is 2.86. The van der Waals surface area contributed by atoms with Crippen molar-refractivity contribution >= 4 is 0 Å². The number of hydrogen-bond donors (Lipinski definition) is 0. The molecule has 4 nitrogen and oxygen atoms in total. The van der Waals surface area contributed by atoms with Gasteiger partial charge in [-0.3, -0.25) is 0 Å². The molecule has 76 valence electrons. The summed E-state index contributed by atoms with van der Waals surface area (Å²) in [5.41, 5.74) is 0. The van der Waals surface area contributed by atoms with Gasteiger partial charge in [-0.05, 0) is 12.8 Å². The highest BCUT2D eigenvalue weighted by atomic mass is 16.7. The molecule has 2 fully saturated rings. The summed E-state index contributed by atoms with van der Waals surface area (Å²) < 4.78 is 10.7. The van der Waals surface area contributed by atoms with E-state index in [1.165, 1.54) is 0 Å². The molecule has 0 spiro atoms. The maximum absolute atomic E-state index is 11.7. The molecule has 0 N–H and O–H groups in total. The van der Waals surface area contributed by atoms with Crippen molar-refractivity contribution in [3.05, 3.63) is 5.21 Å². The van der Waals surface area contributed by atoms with Crippen LogP contribution in [-0.2, 0) is 9.47 Å². The Morgan fingerprint density at radius 1 is 1.31 bits per heavy atom. The topological polar surface area (TPSA) is 41.5 Å². The van der Waals surface area contributed by atoms with Gasteiger partial charge in [0.25, 0.3) is 0 Å². The van der Waals surface area contributed by atoms with Gasteiger partial charge in [0.15, 0.2) is 6.29 Å². The Morgan fingerprint density at radius 3 is 2.62 bits per heavy atom. The highest BCUT2D eigenvalue weighted by Gasteiger charge is 2.34. The Bertz CT molecular complexity index is 178. The van der Waals surface area contributed by atoms with Crippen LogP contribution in [0.1, 0.15) is 12.8 Å². The highest BCUT2D eigenvalue weighted by Crippen LogP contribution is 2.27. The van der Waals surface area contributed by atoms with Gasteiger partial charge in [-0.25, -0.2) is 0 Å². The van der Waals surface area contributed by atoms with Gasteiger partial charge in [-0.1, -0.05) is 0 Å². The zero-order valence-corrected chi connectivity index (χ0v) is 8.07. The first-order valence-electron chi connectivity index (χ1n) is 4.96. The van der Waals surface area contributed by atoms with Crippen LogP contribution in [0, 0.1) is 11.1 Å². The van der Waals surface area contributed by atoms with Crippen molar-refractivity contribution in [1.82, 2.24) is 0 Å².